The zero-order chi connectivity index (χ0) is 17.9. The summed E-state index contributed by atoms with van der Waals surface area (Å²) in [5, 5.41) is 10.6. The van der Waals surface area contributed by atoms with Crippen LogP contribution in [0.5, 0.6) is 11.5 Å². The molecule has 2 aliphatic heterocycles. The summed E-state index contributed by atoms with van der Waals surface area (Å²) >= 11 is 0. The molecule has 1 aromatic carbocycles. The number of aromatic amines is 1. The van der Waals surface area contributed by atoms with Crippen LogP contribution in [0.3, 0.4) is 0 Å². The van der Waals surface area contributed by atoms with E-state index < -0.39 is 0 Å². The van der Waals surface area contributed by atoms with Gasteiger partial charge in [0, 0.05) is 51.0 Å². The van der Waals surface area contributed by atoms with Crippen LogP contribution in [0.2, 0.25) is 0 Å². The predicted octanol–water partition coefficient (Wildman–Crippen LogP) is 1.07. The number of benzene rings is 1. The molecule has 2 N–H and O–H groups in total. The van der Waals surface area contributed by atoms with Gasteiger partial charge in [-0.2, -0.15) is 5.10 Å². The smallest absolute Gasteiger partial charge is 0.275 e. The Kier molecular flexibility index (Phi) is 4.77. The Morgan fingerprint density at radius 2 is 2.23 bits per heavy atom. The maximum atomic E-state index is 13.1. The molecule has 2 aromatic rings. The molecule has 0 radical (unpaired) electrons. The summed E-state index contributed by atoms with van der Waals surface area (Å²) in [5.74, 6) is 1.35. The number of fused-ring (bicyclic) bond motifs is 2. The van der Waals surface area contributed by atoms with E-state index in [0.29, 0.717) is 37.7 Å². The summed E-state index contributed by atoms with van der Waals surface area (Å²) in [6.07, 6.45) is 0.857. The van der Waals surface area contributed by atoms with Gasteiger partial charge in [0.2, 0.25) is 6.79 Å². The third-order valence-corrected chi connectivity index (χ3v) is 4.67. The molecule has 0 unspecified atom stereocenters. The first-order valence-corrected chi connectivity index (χ1v) is 8.70. The van der Waals surface area contributed by atoms with Crippen molar-refractivity contribution in [2.75, 3.05) is 33.6 Å². The third kappa shape index (κ3) is 3.25. The number of ether oxygens (including phenoxy) is 3. The van der Waals surface area contributed by atoms with Crippen LogP contribution in [-0.4, -0.2) is 54.6 Å². The highest BCUT2D eigenvalue weighted by Crippen LogP contribution is 2.33. The Labute approximate surface area is 151 Å². The van der Waals surface area contributed by atoms with Gasteiger partial charge in [0.25, 0.3) is 5.91 Å². The molecule has 4 rings (SSSR count). The number of H-pyrrole nitrogens is 1. The molecule has 8 nitrogen and oxygen atoms in total. The normalized spacial score (nSPS) is 15.0. The highest BCUT2D eigenvalue weighted by molar-refractivity contribution is 5.94. The number of aromatic nitrogens is 2. The molecule has 0 spiro atoms. The van der Waals surface area contributed by atoms with Crippen molar-refractivity contribution in [3.05, 3.63) is 40.7 Å². The Morgan fingerprint density at radius 3 is 3.12 bits per heavy atom. The second-order valence-electron chi connectivity index (χ2n) is 6.36. The lowest BCUT2D eigenvalue weighted by Crippen LogP contribution is -2.35. The van der Waals surface area contributed by atoms with Gasteiger partial charge in [-0.3, -0.25) is 9.89 Å². The highest BCUT2D eigenvalue weighted by atomic mass is 16.7. The van der Waals surface area contributed by atoms with E-state index in [-0.39, 0.29) is 12.7 Å². The molecular formula is C18H22N4O4. The summed E-state index contributed by atoms with van der Waals surface area (Å²) in [7, 11) is 1.63. The number of hydrogen-bond acceptors (Lipinski definition) is 6. The number of methoxy groups -OCH3 is 1. The summed E-state index contributed by atoms with van der Waals surface area (Å²) in [6, 6.07) is 5.73. The largest absolute Gasteiger partial charge is 0.454 e. The Bertz CT molecular complexity index is 804. The molecule has 2 aliphatic rings. The van der Waals surface area contributed by atoms with Crippen molar-refractivity contribution in [2.45, 2.75) is 19.5 Å². The molecule has 0 bridgehead atoms. The number of carbonyl (C=O) groups is 1. The van der Waals surface area contributed by atoms with Crippen LogP contribution in [0.4, 0.5) is 0 Å². The van der Waals surface area contributed by atoms with E-state index in [9.17, 15) is 4.79 Å². The molecule has 0 aliphatic carbocycles. The number of carbonyl (C=O) groups excluding carboxylic acids is 1. The van der Waals surface area contributed by atoms with E-state index in [1.165, 1.54) is 0 Å². The van der Waals surface area contributed by atoms with E-state index in [1.807, 2.05) is 18.2 Å². The molecule has 0 saturated carbocycles. The molecule has 26 heavy (non-hydrogen) atoms. The Hall–Kier alpha value is -2.58. The fraction of sp³-hybridized carbons (Fsp3) is 0.444. The van der Waals surface area contributed by atoms with Crippen molar-refractivity contribution in [3.63, 3.8) is 0 Å². The van der Waals surface area contributed by atoms with Gasteiger partial charge >= 0.3 is 0 Å². The van der Waals surface area contributed by atoms with Crippen molar-refractivity contribution in [3.8, 4) is 11.5 Å². The van der Waals surface area contributed by atoms with E-state index in [2.05, 4.69) is 15.5 Å². The van der Waals surface area contributed by atoms with Gasteiger partial charge in [0.05, 0.1) is 6.61 Å². The maximum absolute atomic E-state index is 13.1. The van der Waals surface area contributed by atoms with E-state index in [4.69, 9.17) is 14.2 Å². The fourth-order valence-corrected chi connectivity index (χ4v) is 3.27. The molecule has 0 fully saturated rings. The minimum atomic E-state index is -0.0964. The first-order valence-electron chi connectivity index (χ1n) is 8.70. The topological polar surface area (TPSA) is 88.7 Å². The third-order valence-electron chi connectivity index (χ3n) is 4.67. The molecule has 1 aromatic heterocycles. The van der Waals surface area contributed by atoms with Gasteiger partial charge in [-0.1, -0.05) is 6.07 Å². The van der Waals surface area contributed by atoms with Crippen LogP contribution < -0.4 is 14.8 Å². The minimum absolute atomic E-state index is 0.0964. The van der Waals surface area contributed by atoms with Gasteiger partial charge in [-0.25, -0.2) is 0 Å². The van der Waals surface area contributed by atoms with Gasteiger partial charge < -0.3 is 24.4 Å². The Morgan fingerprint density at radius 1 is 1.35 bits per heavy atom. The quantitative estimate of drug-likeness (QED) is 0.803. The van der Waals surface area contributed by atoms with Crippen molar-refractivity contribution in [1.29, 1.82) is 0 Å². The van der Waals surface area contributed by atoms with Crippen molar-refractivity contribution in [2.24, 2.45) is 0 Å². The van der Waals surface area contributed by atoms with Crippen molar-refractivity contribution >= 4 is 5.91 Å². The predicted molar refractivity (Wildman–Crippen MR) is 93.2 cm³/mol. The van der Waals surface area contributed by atoms with Crippen LogP contribution in [0, 0.1) is 0 Å². The van der Waals surface area contributed by atoms with E-state index in [0.717, 1.165) is 35.5 Å². The first-order chi connectivity index (χ1) is 12.8. The van der Waals surface area contributed by atoms with Gasteiger partial charge in [-0.15, -0.1) is 0 Å². The van der Waals surface area contributed by atoms with Crippen LogP contribution in [0.1, 0.15) is 27.3 Å². The summed E-state index contributed by atoms with van der Waals surface area (Å²) in [4.78, 5) is 14.9. The van der Waals surface area contributed by atoms with Gasteiger partial charge in [-0.05, 0) is 17.7 Å². The summed E-state index contributed by atoms with van der Waals surface area (Å²) in [5.41, 5.74) is 3.47. The SMILES string of the molecule is COCCN(Cc1ccc2c(c1)OCO2)C(=O)c1n[nH]c2c1CNCC2. The van der Waals surface area contributed by atoms with E-state index in [1.54, 1.807) is 12.0 Å². The number of nitrogens with one attached hydrogen (secondary N) is 2. The van der Waals surface area contributed by atoms with Gasteiger partial charge in [0.15, 0.2) is 17.2 Å². The van der Waals surface area contributed by atoms with Crippen molar-refractivity contribution in [1.82, 2.24) is 20.4 Å². The first kappa shape index (κ1) is 16.9. The fourth-order valence-electron chi connectivity index (χ4n) is 3.27. The zero-order valence-electron chi connectivity index (χ0n) is 14.7. The summed E-state index contributed by atoms with van der Waals surface area (Å²) in [6.45, 7) is 3.19. The molecule has 3 heterocycles. The number of rotatable bonds is 6. The number of amides is 1. The van der Waals surface area contributed by atoms with Crippen LogP contribution in [0.25, 0.3) is 0 Å². The monoisotopic (exact) mass is 358 g/mol. The molecule has 1 amide bonds. The van der Waals surface area contributed by atoms with E-state index >= 15 is 0 Å². The van der Waals surface area contributed by atoms with Crippen LogP contribution in [0.15, 0.2) is 18.2 Å². The summed E-state index contributed by atoms with van der Waals surface area (Å²) < 4.78 is 16.0. The zero-order valence-corrected chi connectivity index (χ0v) is 14.7. The molecule has 138 valence electrons. The maximum Gasteiger partial charge on any atom is 0.275 e. The average molecular weight is 358 g/mol. The highest BCUT2D eigenvalue weighted by Gasteiger charge is 2.26. The molecule has 0 atom stereocenters. The van der Waals surface area contributed by atoms with Crippen molar-refractivity contribution < 1.29 is 19.0 Å². The number of hydrogen-bond donors (Lipinski definition) is 2. The lowest BCUT2D eigenvalue weighted by molar-refractivity contribution is 0.0673. The lowest BCUT2D eigenvalue weighted by atomic mass is 10.1. The van der Waals surface area contributed by atoms with Gasteiger partial charge in [0.1, 0.15) is 0 Å². The second-order valence-corrected chi connectivity index (χ2v) is 6.36. The van der Waals surface area contributed by atoms with Crippen LogP contribution >= 0.6 is 0 Å². The number of nitrogens with zero attached hydrogens (tertiary/aromatic N) is 2. The molecular weight excluding hydrogens is 336 g/mol. The minimum Gasteiger partial charge on any atom is -0.454 e. The standard InChI is InChI=1S/C18H22N4O4/c1-24-7-6-22(10-12-2-3-15-16(8-12)26-11-25-15)18(23)17-13-9-19-5-4-14(13)20-21-17/h2-3,8,19H,4-7,9-11H2,1H3,(H,20,21). The Balaban J connectivity index is 1.56. The molecule has 0 saturated heterocycles. The van der Waals surface area contributed by atoms with Crippen LogP contribution in [-0.2, 0) is 24.2 Å². The average Bonchev–Trinajstić information content (AvgIpc) is 3.30. The molecule has 8 heteroatoms. The lowest BCUT2D eigenvalue weighted by Gasteiger charge is -2.23. The second kappa shape index (κ2) is 7.35.